The number of anilines is 1. The minimum absolute atomic E-state index is 0.101. The molecular weight excluding hydrogens is 389 g/mol. The van der Waals surface area contributed by atoms with Crippen molar-refractivity contribution in [3.8, 4) is 17.1 Å². The van der Waals surface area contributed by atoms with Gasteiger partial charge in [0.2, 0.25) is 5.82 Å². The first-order valence-electron chi connectivity index (χ1n) is 8.63. The third kappa shape index (κ3) is 6.32. The molecule has 1 amide bonds. The third-order valence-electron chi connectivity index (χ3n) is 3.79. The molecule has 0 aliphatic carbocycles. The van der Waals surface area contributed by atoms with Crippen LogP contribution in [0.3, 0.4) is 0 Å². The molecule has 0 spiro atoms. The van der Waals surface area contributed by atoms with E-state index in [-0.39, 0.29) is 18.2 Å². The maximum absolute atomic E-state index is 12.2. The quantitative estimate of drug-likeness (QED) is 0.628. The summed E-state index contributed by atoms with van der Waals surface area (Å²) in [5, 5.41) is 6.54. The normalized spacial score (nSPS) is 12.4. The molecule has 2 N–H and O–H groups in total. The number of likely N-dealkylation sites (N-methyl/N-ethyl adjacent to an activating group) is 1. The van der Waals surface area contributed by atoms with Crippen LogP contribution in [0.4, 0.5) is 18.9 Å². The second-order valence-corrected chi connectivity index (χ2v) is 6.31. The molecule has 0 saturated heterocycles. The summed E-state index contributed by atoms with van der Waals surface area (Å²) in [6, 6.07) is 14.3. The Hall–Kier alpha value is -3.40. The number of halogens is 3. The van der Waals surface area contributed by atoms with E-state index in [4.69, 9.17) is 4.52 Å². The number of nitrogens with zero attached hydrogens (tertiary/aromatic N) is 2. The Morgan fingerprint density at radius 1 is 1.14 bits per heavy atom. The van der Waals surface area contributed by atoms with Crippen LogP contribution in [0, 0.1) is 0 Å². The van der Waals surface area contributed by atoms with Gasteiger partial charge in [0, 0.05) is 11.3 Å². The lowest BCUT2D eigenvalue weighted by molar-refractivity contribution is -0.886. The predicted molar refractivity (Wildman–Crippen MR) is 96.9 cm³/mol. The highest BCUT2D eigenvalue weighted by atomic mass is 19.4. The molecule has 3 aromatic rings. The highest BCUT2D eigenvalue weighted by Crippen LogP contribution is 2.23. The SMILES string of the molecule is C[NH+](CC(=O)Nc1ccc(OC(F)(F)F)cc1)Cc1nc(-c2ccccc2)no1. The lowest BCUT2D eigenvalue weighted by Gasteiger charge is -2.12. The van der Waals surface area contributed by atoms with Gasteiger partial charge in [-0.3, -0.25) is 4.79 Å². The standard InChI is InChI=1S/C19H17F3N4O3/c1-26(12-17-24-18(25-29-17)13-5-3-2-4-6-13)11-16(27)23-14-7-9-15(10-8-14)28-19(20,21)22/h2-10H,11-12H2,1H3,(H,23,27)/p+1. The first kappa shape index (κ1) is 20.3. The van der Waals surface area contributed by atoms with E-state index in [1.165, 1.54) is 12.1 Å². The van der Waals surface area contributed by atoms with Gasteiger partial charge in [-0.25, -0.2) is 0 Å². The van der Waals surface area contributed by atoms with Crippen molar-refractivity contribution in [2.75, 3.05) is 18.9 Å². The minimum Gasteiger partial charge on any atom is -0.406 e. The Morgan fingerprint density at radius 3 is 2.48 bits per heavy atom. The Bertz CT molecular complexity index is 943. The number of amides is 1. The number of rotatable bonds is 7. The largest absolute Gasteiger partial charge is 0.573 e. The van der Waals surface area contributed by atoms with Gasteiger partial charge < -0.3 is 19.5 Å². The summed E-state index contributed by atoms with van der Waals surface area (Å²) in [6.07, 6.45) is -4.76. The molecule has 7 nitrogen and oxygen atoms in total. The van der Waals surface area contributed by atoms with Crippen LogP contribution >= 0.6 is 0 Å². The number of aromatic nitrogens is 2. The van der Waals surface area contributed by atoms with E-state index >= 15 is 0 Å². The summed E-state index contributed by atoms with van der Waals surface area (Å²) < 4.78 is 45.5. The average molecular weight is 407 g/mol. The van der Waals surface area contributed by atoms with Crippen molar-refractivity contribution >= 4 is 11.6 Å². The molecule has 0 aliphatic heterocycles. The molecule has 0 aliphatic rings. The van der Waals surface area contributed by atoms with Crippen molar-refractivity contribution in [1.82, 2.24) is 10.1 Å². The number of ether oxygens (including phenoxy) is 1. The van der Waals surface area contributed by atoms with E-state index in [9.17, 15) is 18.0 Å². The van der Waals surface area contributed by atoms with E-state index in [0.717, 1.165) is 22.6 Å². The zero-order chi connectivity index (χ0) is 20.9. The van der Waals surface area contributed by atoms with E-state index in [2.05, 4.69) is 20.2 Å². The maximum atomic E-state index is 12.2. The molecule has 1 heterocycles. The fourth-order valence-corrected chi connectivity index (χ4v) is 2.57. The predicted octanol–water partition coefficient (Wildman–Crippen LogP) is 2.29. The lowest BCUT2D eigenvalue weighted by Crippen LogP contribution is -3.08. The average Bonchev–Trinajstić information content (AvgIpc) is 3.11. The molecule has 29 heavy (non-hydrogen) atoms. The van der Waals surface area contributed by atoms with E-state index in [0.29, 0.717) is 23.9 Å². The maximum Gasteiger partial charge on any atom is 0.573 e. The highest BCUT2D eigenvalue weighted by Gasteiger charge is 2.31. The first-order valence-corrected chi connectivity index (χ1v) is 8.63. The van der Waals surface area contributed by atoms with Crippen LogP contribution in [0.1, 0.15) is 5.89 Å². The molecular formula is C19H18F3N4O3+. The monoisotopic (exact) mass is 407 g/mol. The van der Waals surface area contributed by atoms with Crippen LogP contribution in [0.25, 0.3) is 11.4 Å². The van der Waals surface area contributed by atoms with Gasteiger partial charge in [0.1, 0.15) is 5.75 Å². The molecule has 2 aromatic carbocycles. The molecule has 1 aromatic heterocycles. The zero-order valence-electron chi connectivity index (χ0n) is 15.4. The number of benzene rings is 2. The third-order valence-corrected chi connectivity index (χ3v) is 3.79. The molecule has 0 fully saturated rings. The summed E-state index contributed by atoms with van der Waals surface area (Å²) in [4.78, 5) is 17.3. The second-order valence-electron chi connectivity index (χ2n) is 6.31. The molecule has 10 heteroatoms. The summed E-state index contributed by atoms with van der Waals surface area (Å²) in [5.74, 6) is 0.195. The Balaban J connectivity index is 1.50. The molecule has 152 valence electrons. The fraction of sp³-hybridized carbons (Fsp3) is 0.211. The van der Waals surface area contributed by atoms with Crippen molar-refractivity contribution in [2.45, 2.75) is 12.9 Å². The number of quaternary nitrogens is 1. The summed E-state index contributed by atoms with van der Waals surface area (Å²) >= 11 is 0. The van der Waals surface area contributed by atoms with Gasteiger partial charge in [-0.2, -0.15) is 4.98 Å². The summed E-state index contributed by atoms with van der Waals surface area (Å²) in [6.45, 7) is 0.440. The van der Waals surface area contributed by atoms with Crippen LogP contribution in [0.2, 0.25) is 0 Å². The number of hydrogen-bond acceptors (Lipinski definition) is 5. The Kier molecular flexibility index (Phi) is 6.13. The number of carbonyl (C=O) groups is 1. The number of alkyl halides is 3. The molecule has 1 atom stereocenters. The van der Waals surface area contributed by atoms with Gasteiger partial charge >= 0.3 is 6.36 Å². The van der Waals surface area contributed by atoms with E-state index in [1.54, 1.807) is 7.05 Å². The zero-order valence-corrected chi connectivity index (χ0v) is 15.4. The van der Waals surface area contributed by atoms with Gasteiger partial charge in [-0.05, 0) is 24.3 Å². The van der Waals surface area contributed by atoms with Gasteiger partial charge in [-0.15, -0.1) is 13.2 Å². The van der Waals surface area contributed by atoms with Gasteiger partial charge in [-0.1, -0.05) is 35.5 Å². The topological polar surface area (TPSA) is 81.7 Å². The Morgan fingerprint density at radius 2 is 1.83 bits per heavy atom. The van der Waals surface area contributed by atoms with Crippen LogP contribution in [0.5, 0.6) is 5.75 Å². The summed E-state index contributed by atoms with van der Waals surface area (Å²) in [7, 11) is 1.78. The van der Waals surface area contributed by atoms with Crippen molar-refractivity contribution < 1.29 is 32.1 Å². The van der Waals surface area contributed by atoms with Crippen molar-refractivity contribution in [1.29, 1.82) is 0 Å². The van der Waals surface area contributed by atoms with Gasteiger partial charge in [0.25, 0.3) is 11.8 Å². The fourth-order valence-electron chi connectivity index (χ4n) is 2.57. The number of nitrogens with one attached hydrogen (secondary N) is 2. The van der Waals surface area contributed by atoms with Crippen molar-refractivity contribution in [3.05, 3.63) is 60.5 Å². The number of carbonyl (C=O) groups excluding carboxylic acids is 1. The first-order chi connectivity index (χ1) is 13.8. The van der Waals surface area contributed by atoms with E-state index in [1.807, 2.05) is 30.3 Å². The molecule has 0 radical (unpaired) electrons. The van der Waals surface area contributed by atoms with E-state index < -0.39 is 6.36 Å². The van der Waals surface area contributed by atoms with Crippen molar-refractivity contribution in [2.24, 2.45) is 0 Å². The van der Waals surface area contributed by atoms with Crippen LogP contribution in [-0.4, -0.2) is 36.0 Å². The van der Waals surface area contributed by atoms with Crippen LogP contribution in [0.15, 0.2) is 59.1 Å². The minimum atomic E-state index is -4.76. The highest BCUT2D eigenvalue weighted by molar-refractivity contribution is 5.91. The lowest BCUT2D eigenvalue weighted by atomic mass is 10.2. The van der Waals surface area contributed by atoms with Crippen molar-refractivity contribution in [3.63, 3.8) is 0 Å². The molecule has 0 bridgehead atoms. The molecule has 3 rings (SSSR count). The van der Waals surface area contributed by atoms with Crippen LogP contribution in [-0.2, 0) is 11.3 Å². The summed E-state index contributed by atoms with van der Waals surface area (Å²) in [5.41, 5.74) is 1.19. The molecule has 1 unspecified atom stereocenters. The smallest absolute Gasteiger partial charge is 0.406 e. The Labute approximate surface area is 164 Å². The molecule has 0 saturated carbocycles. The van der Waals surface area contributed by atoms with Crippen LogP contribution < -0.4 is 15.0 Å². The van der Waals surface area contributed by atoms with Gasteiger partial charge in [0.05, 0.1) is 7.05 Å². The van der Waals surface area contributed by atoms with Gasteiger partial charge in [0.15, 0.2) is 13.1 Å². The second kappa shape index (κ2) is 8.74. The number of hydrogen-bond donors (Lipinski definition) is 2.